The number of benzene rings is 3. The standard InChI is InChI=1S/C26H20BrF3N2O/c1-17-2-6-20-7-3-19(13-31)12-23(20)24(17)16-32(14-18-4-8-21(27)9-5-18)15-22-10-11-25(33-22)26(28,29)30/h2-12H,14-16H2,1H3. The Balaban J connectivity index is 1.70. The second-order valence-corrected chi connectivity index (χ2v) is 8.86. The zero-order valence-electron chi connectivity index (χ0n) is 17.8. The Labute approximate surface area is 198 Å². The number of nitriles is 1. The molecule has 0 unspecified atom stereocenters. The van der Waals surface area contributed by atoms with Crippen LogP contribution in [0.1, 0.15) is 33.8 Å². The van der Waals surface area contributed by atoms with Gasteiger partial charge in [-0.05, 0) is 70.8 Å². The molecule has 4 aromatic rings. The Hall–Kier alpha value is -3.08. The van der Waals surface area contributed by atoms with Crippen LogP contribution in [0.15, 0.2) is 75.6 Å². The smallest absolute Gasteiger partial charge is 0.449 e. The van der Waals surface area contributed by atoms with Crippen LogP contribution < -0.4 is 0 Å². The Morgan fingerprint density at radius 2 is 1.67 bits per heavy atom. The van der Waals surface area contributed by atoms with Crippen molar-refractivity contribution in [2.75, 3.05) is 0 Å². The Morgan fingerprint density at radius 3 is 2.33 bits per heavy atom. The van der Waals surface area contributed by atoms with Crippen LogP contribution in [0.4, 0.5) is 13.2 Å². The van der Waals surface area contributed by atoms with Gasteiger partial charge in [0.25, 0.3) is 0 Å². The van der Waals surface area contributed by atoms with Crippen LogP contribution in [0, 0.1) is 18.3 Å². The minimum Gasteiger partial charge on any atom is -0.455 e. The van der Waals surface area contributed by atoms with Crippen molar-refractivity contribution in [3.8, 4) is 6.07 Å². The van der Waals surface area contributed by atoms with E-state index in [1.165, 1.54) is 6.07 Å². The molecular formula is C26H20BrF3N2O. The van der Waals surface area contributed by atoms with Gasteiger partial charge in [-0.25, -0.2) is 0 Å². The van der Waals surface area contributed by atoms with E-state index in [4.69, 9.17) is 4.42 Å². The first-order valence-corrected chi connectivity index (χ1v) is 11.1. The van der Waals surface area contributed by atoms with Crippen molar-refractivity contribution in [3.05, 3.63) is 105 Å². The van der Waals surface area contributed by atoms with Gasteiger partial charge in [0.2, 0.25) is 5.76 Å². The monoisotopic (exact) mass is 512 g/mol. The average molecular weight is 513 g/mol. The van der Waals surface area contributed by atoms with Gasteiger partial charge in [-0.3, -0.25) is 4.90 Å². The summed E-state index contributed by atoms with van der Waals surface area (Å²) in [5, 5.41) is 11.3. The topological polar surface area (TPSA) is 40.2 Å². The first kappa shape index (κ1) is 23.1. The predicted octanol–water partition coefficient (Wildman–Crippen LogP) is 7.60. The molecule has 168 valence electrons. The van der Waals surface area contributed by atoms with Crippen LogP contribution in [-0.4, -0.2) is 4.90 Å². The van der Waals surface area contributed by atoms with E-state index >= 15 is 0 Å². The first-order valence-electron chi connectivity index (χ1n) is 10.3. The molecule has 0 spiro atoms. The van der Waals surface area contributed by atoms with Crippen molar-refractivity contribution in [2.24, 2.45) is 0 Å². The minimum absolute atomic E-state index is 0.208. The maximum atomic E-state index is 13.0. The maximum Gasteiger partial charge on any atom is 0.449 e. The number of hydrogen-bond acceptors (Lipinski definition) is 3. The lowest BCUT2D eigenvalue weighted by atomic mass is 9.97. The normalized spacial score (nSPS) is 11.8. The molecule has 0 aliphatic carbocycles. The molecule has 0 N–H and O–H groups in total. The molecule has 0 fully saturated rings. The van der Waals surface area contributed by atoms with Crippen molar-refractivity contribution in [1.29, 1.82) is 5.26 Å². The lowest BCUT2D eigenvalue weighted by Gasteiger charge is -2.24. The fourth-order valence-electron chi connectivity index (χ4n) is 3.85. The summed E-state index contributed by atoms with van der Waals surface area (Å²) in [6, 6.07) is 21.9. The summed E-state index contributed by atoms with van der Waals surface area (Å²) in [6.07, 6.45) is -4.52. The summed E-state index contributed by atoms with van der Waals surface area (Å²) in [5.74, 6) is -0.754. The van der Waals surface area contributed by atoms with Crippen LogP contribution >= 0.6 is 15.9 Å². The summed E-state index contributed by atoms with van der Waals surface area (Å²) in [7, 11) is 0. The van der Waals surface area contributed by atoms with Crippen molar-refractivity contribution in [3.63, 3.8) is 0 Å². The first-order chi connectivity index (χ1) is 15.7. The summed E-state index contributed by atoms with van der Waals surface area (Å²) in [5.41, 5.74) is 3.67. The number of halogens is 4. The quantitative estimate of drug-likeness (QED) is 0.267. The molecule has 0 amide bonds. The maximum absolute atomic E-state index is 13.0. The molecule has 1 aromatic heterocycles. The predicted molar refractivity (Wildman–Crippen MR) is 124 cm³/mol. The minimum atomic E-state index is -4.52. The van der Waals surface area contributed by atoms with Gasteiger partial charge in [-0.1, -0.05) is 46.3 Å². The highest BCUT2D eigenvalue weighted by Gasteiger charge is 2.34. The summed E-state index contributed by atoms with van der Waals surface area (Å²) >= 11 is 3.43. The van der Waals surface area contributed by atoms with E-state index in [1.807, 2.05) is 60.4 Å². The van der Waals surface area contributed by atoms with E-state index in [2.05, 4.69) is 22.0 Å². The van der Waals surface area contributed by atoms with Gasteiger partial charge in [0.1, 0.15) is 5.76 Å². The van der Waals surface area contributed by atoms with Gasteiger partial charge < -0.3 is 4.42 Å². The van der Waals surface area contributed by atoms with E-state index < -0.39 is 11.9 Å². The molecule has 0 aliphatic rings. The third kappa shape index (κ3) is 5.47. The van der Waals surface area contributed by atoms with Gasteiger partial charge in [0.15, 0.2) is 0 Å². The highest BCUT2D eigenvalue weighted by atomic mass is 79.9. The van der Waals surface area contributed by atoms with Gasteiger partial charge in [0.05, 0.1) is 18.2 Å². The molecule has 0 radical (unpaired) electrons. The van der Waals surface area contributed by atoms with Gasteiger partial charge in [0, 0.05) is 17.6 Å². The van der Waals surface area contributed by atoms with Crippen LogP contribution in [-0.2, 0) is 25.8 Å². The third-order valence-electron chi connectivity index (χ3n) is 5.52. The molecule has 3 nitrogen and oxygen atoms in total. The Bertz CT molecular complexity index is 1320. The molecule has 0 saturated heterocycles. The molecule has 33 heavy (non-hydrogen) atoms. The lowest BCUT2D eigenvalue weighted by molar-refractivity contribution is -0.153. The zero-order valence-corrected chi connectivity index (χ0v) is 19.4. The Kier molecular flexibility index (Phi) is 6.59. The van der Waals surface area contributed by atoms with Crippen molar-refractivity contribution < 1.29 is 17.6 Å². The molecule has 0 bridgehead atoms. The lowest BCUT2D eigenvalue weighted by Crippen LogP contribution is -2.23. The number of alkyl halides is 3. The second-order valence-electron chi connectivity index (χ2n) is 7.94. The largest absolute Gasteiger partial charge is 0.455 e. The van der Waals surface area contributed by atoms with Crippen LogP contribution in [0.3, 0.4) is 0 Å². The summed E-state index contributed by atoms with van der Waals surface area (Å²) in [4.78, 5) is 2.04. The van der Waals surface area contributed by atoms with Gasteiger partial charge in [-0.15, -0.1) is 0 Å². The molecule has 4 rings (SSSR count). The fourth-order valence-corrected chi connectivity index (χ4v) is 4.11. The highest BCUT2D eigenvalue weighted by Crippen LogP contribution is 2.32. The van der Waals surface area contributed by atoms with Crippen molar-refractivity contribution >= 4 is 26.7 Å². The molecule has 0 saturated carbocycles. The molecular weight excluding hydrogens is 493 g/mol. The average Bonchev–Trinajstić information content (AvgIpc) is 3.26. The number of furan rings is 1. The third-order valence-corrected chi connectivity index (χ3v) is 6.05. The second kappa shape index (κ2) is 9.42. The number of aryl methyl sites for hydroxylation is 1. The van der Waals surface area contributed by atoms with Crippen LogP contribution in [0.2, 0.25) is 0 Å². The van der Waals surface area contributed by atoms with Crippen molar-refractivity contribution in [1.82, 2.24) is 4.90 Å². The number of rotatable bonds is 6. The molecule has 7 heteroatoms. The zero-order chi connectivity index (χ0) is 23.6. The number of nitrogens with zero attached hydrogens (tertiary/aromatic N) is 2. The van der Waals surface area contributed by atoms with Gasteiger partial charge in [-0.2, -0.15) is 18.4 Å². The van der Waals surface area contributed by atoms with E-state index in [-0.39, 0.29) is 12.3 Å². The van der Waals surface area contributed by atoms with Crippen LogP contribution in [0.25, 0.3) is 10.8 Å². The van der Waals surface area contributed by atoms with Crippen LogP contribution in [0.5, 0.6) is 0 Å². The summed E-state index contributed by atoms with van der Waals surface area (Å²) in [6.45, 7) is 3.21. The molecule has 0 aliphatic heterocycles. The fraction of sp³-hybridized carbons (Fsp3) is 0.192. The van der Waals surface area contributed by atoms with E-state index in [1.54, 1.807) is 6.07 Å². The SMILES string of the molecule is Cc1ccc2ccc(C#N)cc2c1CN(Cc1ccc(Br)cc1)Cc1ccc(C(F)(F)F)o1. The van der Waals surface area contributed by atoms with E-state index in [0.29, 0.717) is 18.7 Å². The highest BCUT2D eigenvalue weighted by molar-refractivity contribution is 9.10. The number of fused-ring (bicyclic) bond motifs is 1. The number of hydrogen-bond donors (Lipinski definition) is 0. The summed E-state index contributed by atoms with van der Waals surface area (Å²) < 4.78 is 45.2. The molecule has 1 heterocycles. The van der Waals surface area contributed by atoms with Gasteiger partial charge >= 0.3 is 6.18 Å². The van der Waals surface area contributed by atoms with E-state index in [9.17, 15) is 18.4 Å². The molecule has 3 aromatic carbocycles. The van der Waals surface area contributed by atoms with Crippen molar-refractivity contribution in [2.45, 2.75) is 32.7 Å². The van der Waals surface area contributed by atoms with E-state index in [0.717, 1.165) is 38.0 Å². The molecule has 0 atom stereocenters. The Morgan fingerprint density at radius 1 is 0.939 bits per heavy atom.